The fraction of sp³-hybridized carbons (Fsp3) is 0.0533. The summed E-state index contributed by atoms with van der Waals surface area (Å²) >= 11 is 2.41. The van der Waals surface area contributed by atoms with Crippen LogP contribution in [0.5, 0.6) is 0 Å². The van der Waals surface area contributed by atoms with E-state index in [1.54, 1.807) is 0 Å². The van der Waals surface area contributed by atoms with Crippen LogP contribution in [0.1, 0.15) is 36.5 Å². The molecule has 0 atom stereocenters. The summed E-state index contributed by atoms with van der Waals surface area (Å²) in [5.74, 6) is 1.31. The van der Waals surface area contributed by atoms with Gasteiger partial charge in [-0.25, -0.2) is 15.0 Å². The van der Waals surface area contributed by atoms with E-state index in [4.69, 9.17) is 15.0 Å². The highest BCUT2D eigenvalue weighted by Gasteiger charge is 2.27. The van der Waals surface area contributed by atoms with Crippen LogP contribution >= 0.6 is 22.6 Å². The minimum atomic E-state index is 0.400. The molecule has 0 fully saturated rings. The van der Waals surface area contributed by atoms with Crippen LogP contribution < -0.4 is 0 Å². The van der Waals surface area contributed by atoms with Crippen molar-refractivity contribution < 1.29 is 0 Å². The lowest BCUT2D eigenvalue weighted by molar-refractivity contribution is 0.795. The minimum absolute atomic E-state index is 0.400. The Labute approximate surface area is 502 Å². The van der Waals surface area contributed by atoms with Crippen LogP contribution in [0.25, 0.3) is 144 Å². The Hall–Kier alpha value is -10.7. The summed E-state index contributed by atoms with van der Waals surface area (Å²) in [6.45, 7) is 2.22. The van der Waals surface area contributed by atoms with Crippen LogP contribution in [-0.4, -0.2) is 33.2 Å². The van der Waals surface area contributed by atoms with Crippen LogP contribution in [0.3, 0.4) is 0 Å². The molecule has 0 bridgehead atoms. The molecule has 9 nitrogen and oxygen atoms in total. The number of aromatic nitrogens is 7. The van der Waals surface area contributed by atoms with Gasteiger partial charge in [-0.2, -0.15) is 10.5 Å². The number of unbranched alkanes of at least 4 members (excludes halogenated alkanes) is 1. The normalized spacial score (nSPS) is 11.8. The smallest absolute Gasteiger partial charge is 0.166 e. The van der Waals surface area contributed by atoms with Crippen molar-refractivity contribution in [3.05, 3.63) is 257 Å². The molecule has 0 aliphatic rings. The van der Waals surface area contributed by atoms with E-state index in [0.29, 0.717) is 39.7 Å². The van der Waals surface area contributed by atoms with Crippen molar-refractivity contribution in [2.24, 2.45) is 0 Å². The molecule has 0 amide bonds. The molecular formula is C75H48IN9. The fourth-order valence-corrected chi connectivity index (χ4v) is 14.0. The largest absolute Gasteiger partial charge is 0.309 e. The van der Waals surface area contributed by atoms with E-state index in [1.807, 2.05) is 30.3 Å². The Bertz CT molecular complexity index is 5520. The molecule has 0 spiro atoms. The SMILES string of the molecule is CCCCc1cc(I)cc(-c2nc(-c3cc(C#N)ccc3-n3c4ccccc4c4ccc5c(c6ccccc6n5-c5ccccc5)c43)nc(-c3ccc(C#N)cc3-n3c4ccccc4c4ccc5c(c6ccccc6n5-c5ccccc5)c43)n2)c1. The fourth-order valence-electron chi connectivity index (χ4n) is 13.2. The van der Waals surface area contributed by atoms with Gasteiger partial charge in [-0.1, -0.05) is 135 Å². The zero-order valence-electron chi connectivity index (χ0n) is 46.0. The van der Waals surface area contributed by atoms with E-state index < -0.39 is 0 Å². The highest BCUT2D eigenvalue weighted by Crippen LogP contribution is 2.46. The van der Waals surface area contributed by atoms with E-state index in [0.717, 1.165) is 138 Å². The molecule has 16 rings (SSSR count). The van der Waals surface area contributed by atoms with E-state index in [2.05, 4.69) is 266 Å². The van der Waals surface area contributed by atoms with E-state index in [9.17, 15) is 10.5 Å². The average molecular weight is 1200 g/mol. The molecule has 0 aliphatic heterocycles. The number of aryl methyl sites for hydroxylation is 1. The van der Waals surface area contributed by atoms with Crippen LogP contribution in [0, 0.1) is 26.2 Å². The van der Waals surface area contributed by atoms with Gasteiger partial charge < -0.3 is 18.3 Å². The van der Waals surface area contributed by atoms with Crippen LogP contribution in [-0.2, 0) is 6.42 Å². The zero-order valence-corrected chi connectivity index (χ0v) is 48.2. The molecule has 5 aromatic heterocycles. The number of hydrogen-bond acceptors (Lipinski definition) is 5. The van der Waals surface area contributed by atoms with Gasteiger partial charge in [0.1, 0.15) is 0 Å². The lowest BCUT2D eigenvalue weighted by atomic mass is 10.0. The number of fused-ring (bicyclic) bond motifs is 14. The van der Waals surface area contributed by atoms with E-state index >= 15 is 0 Å². The van der Waals surface area contributed by atoms with Gasteiger partial charge in [0.15, 0.2) is 17.5 Å². The number of hydrogen-bond donors (Lipinski definition) is 0. The standard InChI is InChI=1S/C75H48IN9/c1-2-3-18-46-39-49(43-50(76)40-46)73-79-74(59-33-31-48(45-78)42-68(59)85-62-28-15-11-24-54(62)56-35-38-67-70(72(56)85)58-26-13-17-30-64(58)83(67)52-21-8-5-9-22-52)81-75(80-73)60-41-47(44-77)32-36-65(60)84-61-27-14-10-23-53(61)55-34-37-66-69(71(55)84)57-25-12-16-29-63(57)82(66)51-19-6-4-7-20-51/h4-17,19-43H,2-3,18H2,1H3. The number of nitrogens with zero attached hydrogens (tertiary/aromatic N) is 9. The predicted molar refractivity (Wildman–Crippen MR) is 354 cm³/mol. The molecule has 5 heterocycles. The first kappa shape index (κ1) is 50.1. The highest BCUT2D eigenvalue weighted by atomic mass is 127. The predicted octanol–water partition coefficient (Wildman–Crippen LogP) is 19.0. The summed E-state index contributed by atoms with van der Waals surface area (Å²) < 4.78 is 10.4. The number of benzene rings is 11. The zero-order chi connectivity index (χ0) is 56.9. The number of nitriles is 2. The molecular weight excluding hydrogens is 1150 g/mol. The van der Waals surface area contributed by atoms with Crippen molar-refractivity contribution >= 4 is 110 Å². The van der Waals surface area contributed by atoms with Crippen molar-refractivity contribution in [2.45, 2.75) is 26.2 Å². The van der Waals surface area contributed by atoms with Crippen LogP contribution in [0.15, 0.2) is 237 Å². The Morgan fingerprint density at radius 1 is 0.388 bits per heavy atom. The van der Waals surface area contributed by atoms with Crippen molar-refractivity contribution in [3.8, 4) is 69.1 Å². The van der Waals surface area contributed by atoms with Gasteiger partial charge >= 0.3 is 0 Å². The molecule has 10 heteroatoms. The summed E-state index contributed by atoms with van der Waals surface area (Å²) in [6.07, 6.45) is 3.01. The van der Waals surface area contributed by atoms with Gasteiger partial charge in [-0.15, -0.1) is 0 Å². The van der Waals surface area contributed by atoms with Crippen LogP contribution in [0.4, 0.5) is 0 Å². The maximum Gasteiger partial charge on any atom is 0.166 e. The minimum Gasteiger partial charge on any atom is -0.309 e. The van der Waals surface area contributed by atoms with Crippen molar-refractivity contribution in [3.63, 3.8) is 0 Å². The quantitative estimate of drug-likeness (QED) is 0.127. The molecule has 0 saturated carbocycles. The Kier molecular flexibility index (Phi) is 11.8. The third kappa shape index (κ3) is 7.90. The van der Waals surface area contributed by atoms with Gasteiger partial charge in [0.05, 0.1) is 78.8 Å². The maximum absolute atomic E-state index is 10.9. The number of para-hydroxylation sites is 6. The van der Waals surface area contributed by atoms with E-state index in [1.165, 1.54) is 5.56 Å². The third-order valence-electron chi connectivity index (χ3n) is 16.9. The molecule has 85 heavy (non-hydrogen) atoms. The van der Waals surface area contributed by atoms with Crippen molar-refractivity contribution in [1.82, 2.24) is 33.2 Å². The highest BCUT2D eigenvalue weighted by molar-refractivity contribution is 14.1. The monoisotopic (exact) mass is 1200 g/mol. The average Bonchev–Trinajstić information content (AvgIpc) is 2.61. The van der Waals surface area contributed by atoms with Gasteiger partial charge in [-0.3, -0.25) is 0 Å². The van der Waals surface area contributed by atoms with Gasteiger partial charge in [0.2, 0.25) is 0 Å². The molecule has 0 unspecified atom stereocenters. The third-order valence-corrected chi connectivity index (χ3v) is 17.5. The van der Waals surface area contributed by atoms with Crippen molar-refractivity contribution in [1.29, 1.82) is 10.5 Å². The summed E-state index contributed by atoms with van der Waals surface area (Å²) in [5.41, 5.74) is 16.4. The molecule has 0 aliphatic carbocycles. The van der Waals surface area contributed by atoms with Gasteiger partial charge in [0.25, 0.3) is 0 Å². The second-order valence-corrected chi connectivity index (χ2v) is 23.0. The summed E-state index contributed by atoms with van der Waals surface area (Å²) in [7, 11) is 0. The molecule has 400 valence electrons. The number of rotatable bonds is 10. The molecule has 11 aromatic carbocycles. The Morgan fingerprint density at radius 3 is 1.41 bits per heavy atom. The second-order valence-electron chi connectivity index (χ2n) is 21.7. The first-order valence-electron chi connectivity index (χ1n) is 28.6. The molecule has 16 aromatic rings. The molecule has 0 radical (unpaired) electrons. The summed E-state index contributed by atoms with van der Waals surface area (Å²) in [6, 6.07) is 87.6. The lowest BCUT2D eigenvalue weighted by Crippen LogP contribution is -2.06. The maximum atomic E-state index is 10.9. The van der Waals surface area contributed by atoms with Gasteiger partial charge in [-0.05, 0) is 156 Å². The Morgan fingerprint density at radius 2 is 0.859 bits per heavy atom. The van der Waals surface area contributed by atoms with Crippen LogP contribution in [0.2, 0.25) is 0 Å². The lowest BCUT2D eigenvalue weighted by Gasteiger charge is -2.17. The van der Waals surface area contributed by atoms with E-state index in [-0.39, 0.29) is 0 Å². The first-order valence-corrected chi connectivity index (χ1v) is 29.7. The summed E-state index contributed by atoms with van der Waals surface area (Å²) in [4.78, 5) is 16.7. The topological polar surface area (TPSA) is 106 Å². The van der Waals surface area contributed by atoms with Gasteiger partial charge in [0, 0.05) is 74.7 Å². The molecule has 0 saturated heterocycles. The Balaban J connectivity index is 1.01. The first-order chi connectivity index (χ1) is 42.0. The molecule has 0 N–H and O–H groups in total. The van der Waals surface area contributed by atoms with Crippen molar-refractivity contribution in [2.75, 3.05) is 0 Å². The summed E-state index contributed by atoms with van der Waals surface area (Å²) in [5, 5.41) is 30.5. The number of halogens is 1. The second kappa shape index (κ2) is 20.1.